The Kier molecular flexibility index (Phi) is 7.65. The van der Waals surface area contributed by atoms with Gasteiger partial charge >= 0.3 is 11.8 Å². The third kappa shape index (κ3) is 5.87. The van der Waals surface area contributed by atoms with Crippen molar-refractivity contribution in [2.75, 3.05) is 20.3 Å². The lowest BCUT2D eigenvalue weighted by molar-refractivity contribution is -0.139. The first-order valence-corrected chi connectivity index (χ1v) is 8.42. The zero-order valence-electron chi connectivity index (χ0n) is 13.9. The Hall–Kier alpha value is -2.35. The van der Waals surface area contributed by atoms with Crippen molar-refractivity contribution < 1.29 is 18.7 Å². The van der Waals surface area contributed by atoms with Gasteiger partial charge in [-0.1, -0.05) is 23.2 Å². The third-order valence-electron chi connectivity index (χ3n) is 3.21. The minimum atomic E-state index is -0.866. The zero-order chi connectivity index (χ0) is 18.9. The second-order valence-electron chi connectivity index (χ2n) is 5.13. The van der Waals surface area contributed by atoms with Crippen molar-refractivity contribution in [3.8, 4) is 11.3 Å². The molecule has 0 aliphatic rings. The molecule has 7 nitrogen and oxygen atoms in total. The predicted molar refractivity (Wildman–Crippen MR) is 99.4 cm³/mol. The normalized spacial score (nSPS) is 10.9. The lowest BCUT2D eigenvalue weighted by atomic mass is 10.2. The largest absolute Gasteiger partial charge is 0.455 e. The molecule has 0 fully saturated rings. The number of carbonyl (C=O) groups is 2. The number of halogens is 2. The average molecular weight is 398 g/mol. The van der Waals surface area contributed by atoms with E-state index in [0.717, 1.165) is 5.56 Å². The lowest BCUT2D eigenvalue weighted by Gasteiger charge is -2.02. The molecule has 0 aliphatic heterocycles. The molecule has 0 atom stereocenters. The van der Waals surface area contributed by atoms with E-state index in [1.165, 1.54) is 6.21 Å². The minimum absolute atomic E-state index is 0.342. The molecule has 0 unspecified atom stereocenters. The molecule has 0 bridgehead atoms. The van der Waals surface area contributed by atoms with E-state index in [2.05, 4.69) is 15.8 Å². The second-order valence-corrected chi connectivity index (χ2v) is 5.95. The number of rotatable bonds is 7. The van der Waals surface area contributed by atoms with Crippen molar-refractivity contribution in [2.24, 2.45) is 5.10 Å². The summed E-state index contributed by atoms with van der Waals surface area (Å²) in [6.07, 6.45) is 1.90. The molecule has 0 spiro atoms. The molecule has 2 aromatic rings. The quantitative estimate of drug-likeness (QED) is 0.325. The van der Waals surface area contributed by atoms with Crippen LogP contribution in [0.4, 0.5) is 0 Å². The van der Waals surface area contributed by atoms with Crippen molar-refractivity contribution in [3.05, 3.63) is 46.1 Å². The summed E-state index contributed by atoms with van der Waals surface area (Å²) in [7, 11) is 1.56. The van der Waals surface area contributed by atoms with Gasteiger partial charge in [-0.05, 0) is 36.8 Å². The number of nitrogens with zero attached hydrogens (tertiary/aromatic N) is 1. The number of nitrogens with one attached hydrogen (secondary N) is 2. The number of ether oxygens (including phenoxy) is 1. The number of furan rings is 1. The van der Waals surface area contributed by atoms with Gasteiger partial charge in [0.25, 0.3) is 0 Å². The number of hydrazone groups is 1. The highest BCUT2D eigenvalue weighted by Crippen LogP contribution is 2.29. The molecule has 26 heavy (non-hydrogen) atoms. The average Bonchev–Trinajstić information content (AvgIpc) is 3.09. The molecule has 0 saturated carbocycles. The maximum atomic E-state index is 11.6. The SMILES string of the molecule is COCCCNC(=O)C(=O)N/N=C/c1ccc(-c2ccc(Cl)c(Cl)c2)o1. The number of carbonyl (C=O) groups excluding carboxylic acids is 2. The van der Waals surface area contributed by atoms with Gasteiger partial charge in [-0.15, -0.1) is 0 Å². The van der Waals surface area contributed by atoms with E-state index in [1.54, 1.807) is 37.4 Å². The van der Waals surface area contributed by atoms with Crippen molar-refractivity contribution in [3.63, 3.8) is 0 Å². The van der Waals surface area contributed by atoms with Crippen molar-refractivity contribution >= 4 is 41.2 Å². The highest BCUT2D eigenvalue weighted by Gasteiger charge is 2.11. The molecule has 2 amide bonds. The standard InChI is InChI=1S/C17H17Cl2N3O4/c1-25-8-2-7-20-16(23)17(24)22-21-10-12-4-6-15(26-12)11-3-5-13(18)14(19)9-11/h3-6,9-10H,2,7-8H2,1H3,(H,20,23)(H,22,24)/b21-10+. The van der Waals surface area contributed by atoms with Gasteiger partial charge in [0.15, 0.2) is 0 Å². The number of amides is 2. The molecule has 0 aliphatic carbocycles. The van der Waals surface area contributed by atoms with E-state index >= 15 is 0 Å². The molecule has 2 rings (SSSR count). The second kappa shape index (κ2) is 9.96. The lowest BCUT2D eigenvalue weighted by Crippen LogP contribution is -2.38. The Morgan fingerprint density at radius 3 is 2.73 bits per heavy atom. The van der Waals surface area contributed by atoms with Crippen LogP contribution in [-0.4, -0.2) is 38.3 Å². The monoisotopic (exact) mass is 397 g/mol. The summed E-state index contributed by atoms with van der Waals surface area (Å²) < 4.78 is 10.4. The molecular weight excluding hydrogens is 381 g/mol. The van der Waals surface area contributed by atoms with Crippen LogP contribution < -0.4 is 10.7 Å². The van der Waals surface area contributed by atoms with Gasteiger partial charge in [-0.3, -0.25) is 9.59 Å². The van der Waals surface area contributed by atoms with Crippen LogP contribution in [0.25, 0.3) is 11.3 Å². The van der Waals surface area contributed by atoms with Gasteiger partial charge in [0.1, 0.15) is 11.5 Å². The number of hydrogen-bond acceptors (Lipinski definition) is 5. The molecule has 138 valence electrons. The maximum Gasteiger partial charge on any atom is 0.329 e. The molecular formula is C17H17Cl2N3O4. The number of hydrogen-bond donors (Lipinski definition) is 2. The first-order valence-electron chi connectivity index (χ1n) is 7.66. The summed E-state index contributed by atoms with van der Waals surface area (Å²) in [6.45, 7) is 0.842. The summed E-state index contributed by atoms with van der Waals surface area (Å²) in [5, 5.41) is 7.01. The Morgan fingerprint density at radius 2 is 2.00 bits per heavy atom. The Morgan fingerprint density at radius 1 is 1.19 bits per heavy atom. The fraction of sp³-hybridized carbons (Fsp3) is 0.235. The van der Waals surface area contributed by atoms with Gasteiger partial charge in [0.05, 0.1) is 16.3 Å². The van der Waals surface area contributed by atoms with Crippen LogP contribution >= 0.6 is 23.2 Å². The van der Waals surface area contributed by atoms with E-state index in [9.17, 15) is 9.59 Å². The molecule has 1 aromatic heterocycles. The topological polar surface area (TPSA) is 92.9 Å². The van der Waals surface area contributed by atoms with E-state index in [0.29, 0.717) is 41.1 Å². The van der Waals surface area contributed by atoms with Crippen LogP contribution in [0.3, 0.4) is 0 Å². The van der Waals surface area contributed by atoms with E-state index in [-0.39, 0.29) is 0 Å². The fourth-order valence-corrected chi connectivity index (χ4v) is 2.23. The molecule has 1 aromatic carbocycles. The van der Waals surface area contributed by atoms with Crippen LogP contribution in [0.5, 0.6) is 0 Å². The van der Waals surface area contributed by atoms with E-state index in [4.69, 9.17) is 32.4 Å². The third-order valence-corrected chi connectivity index (χ3v) is 3.94. The van der Waals surface area contributed by atoms with Crippen molar-refractivity contribution in [1.82, 2.24) is 10.7 Å². The Balaban J connectivity index is 1.87. The summed E-state index contributed by atoms with van der Waals surface area (Å²) in [5.41, 5.74) is 2.87. The maximum absolute atomic E-state index is 11.6. The first-order chi connectivity index (χ1) is 12.5. The Bertz CT molecular complexity index is 805. The minimum Gasteiger partial charge on any atom is -0.455 e. The molecule has 9 heteroatoms. The fourth-order valence-electron chi connectivity index (χ4n) is 1.93. The summed E-state index contributed by atoms with van der Waals surface area (Å²) in [5.74, 6) is -0.678. The van der Waals surface area contributed by atoms with Gasteiger partial charge in [0, 0.05) is 25.8 Å². The van der Waals surface area contributed by atoms with Crippen LogP contribution in [0.15, 0.2) is 39.9 Å². The van der Waals surface area contributed by atoms with Gasteiger partial charge in [-0.25, -0.2) is 5.43 Å². The van der Waals surface area contributed by atoms with Crippen LogP contribution in [0.1, 0.15) is 12.2 Å². The number of benzene rings is 1. The molecule has 0 radical (unpaired) electrons. The summed E-state index contributed by atoms with van der Waals surface area (Å²) >= 11 is 11.9. The zero-order valence-corrected chi connectivity index (χ0v) is 15.4. The van der Waals surface area contributed by atoms with E-state index in [1.807, 2.05) is 0 Å². The summed E-state index contributed by atoms with van der Waals surface area (Å²) in [6, 6.07) is 8.51. The van der Waals surface area contributed by atoms with Crippen LogP contribution in [0.2, 0.25) is 10.0 Å². The van der Waals surface area contributed by atoms with Gasteiger partial charge < -0.3 is 14.5 Å². The molecule has 1 heterocycles. The van der Waals surface area contributed by atoms with Crippen molar-refractivity contribution in [2.45, 2.75) is 6.42 Å². The highest BCUT2D eigenvalue weighted by atomic mass is 35.5. The molecule has 2 N–H and O–H groups in total. The van der Waals surface area contributed by atoms with E-state index < -0.39 is 11.8 Å². The highest BCUT2D eigenvalue weighted by molar-refractivity contribution is 6.42. The number of methoxy groups -OCH3 is 1. The van der Waals surface area contributed by atoms with Gasteiger partial charge in [-0.2, -0.15) is 5.10 Å². The Labute approximate surface area is 160 Å². The molecule has 0 saturated heterocycles. The van der Waals surface area contributed by atoms with Crippen LogP contribution in [0, 0.1) is 0 Å². The first kappa shape index (κ1) is 20.0. The predicted octanol–water partition coefficient (Wildman–Crippen LogP) is 2.86. The van der Waals surface area contributed by atoms with Crippen LogP contribution in [-0.2, 0) is 14.3 Å². The summed E-state index contributed by atoms with van der Waals surface area (Å²) in [4.78, 5) is 23.1. The van der Waals surface area contributed by atoms with Crippen molar-refractivity contribution in [1.29, 1.82) is 0 Å². The smallest absolute Gasteiger partial charge is 0.329 e. The van der Waals surface area contributed by atoms with Gasteiger partial charge in [0.2, 0.25) is 0 Å².